The van der Waals surface area contributed by atoms with E-state index in [0.29, 0.717) is 12.1 Å². The summed E-state index contributed by atoms with van der Waals surface area (Å²) in [4.78, 5) is 9.63. The quantitative estimate of drug-likeness (QED) is 0.456. The van der Waals surface area contributed by atoms with E-state index in [4.69, 9.17) is 16.9 Å². The Kier molecular flexibility index (Phi) is 3.53. The Bertz CT molecular complexity index is 523. The number of nitriles is 1. The van der Waals surface area contributed by atoms with Gasteiger partial charge in [-0.1, -0.05) is 11.6 Å². The SMILES string of the molecule is N#CC=C(Cl)c1cc(F)c(F)cc1[N+](=O)[O-]. The fourth-order valence-corrected chi connectivity index (χ4v) is 1.21. The molecule has 0 aliphatic carbocycles. The van der Waals surface area contributed by atoms with Gasteiger partial charge in [0.25, 0.3) is 5.69 Å². The third-order valence-electron chi connectivity index (χ3n) is 1.68. The van der Waals surface area contributed by atoms with E-state index in [2.05, 4.69) is 0 Å². The molecule has 0 spiro atoms. The van der Waals surface area contributed by atoms with Crippen molar-refractivity contribution in [2.24, 2.45) is 0 Å². The molecule has 1 rings (SSSR count). The number of nitrogens with zero attached hydrogens (tertiary/aromatic N) is 2. The van der Waals surface area contributed by atoms with Crippen LogP contribution >= 0.6 is 11.6 Å². The van der Waals surface area contributed by atoms with E-state index in [9.17, 15) is 18.9 Å². The van der Waals surface area contributed by atoms with Gasteiger partial charge in [0.1, 0.15) is 0 Å². The van der Waals surface area contributed by atoms with Gasteiger partial charge in [0, 0.05) is 6.08 Å². The summed E-state index contributed by atoms with van der Waals surface area (Å²) in [7, 11) is 0. The number of rotatable bonds is 2. The maximum Gasteiger partial charge on any atom is 0.281 e. The lowest BCUT2D eigenvalue weighted by atomic mass is 10.1. The Morgan fingerprint density at radius 3 is 2.56 bits per heavy atom. The first-order valence-electron chi connectivity index (χ1n) is 3.86. The Morgan fingerprint density at radius 2 is 2.06 bits per heavy atom. The lowest BCUT2D eigenvalue weighted by Crippen LogP contribution is -1.97. The van der Waals surface area contributed by atoms with Gasteiger partial charge in [0.2, 0.25) is 0 Å². The van der Waals surface area contributed by atoms with E-state index in [1.807, 2.05) is 0 Å². The minimum atomic E-state index is -1.35. The van der Waals surface area contributed by atoms with Gasteiger partial charge < -0.3 is 0 Å². The van der Waals surface area contributed by atoms with Crippen LogP contribution in [0.4, 0.5) is 14.5 Å². The third-order valence-corrected chi connectivity index (χ3v) is 2.00. The van der Waals surface area contributed by atoms with Gasteiger partial charge in [-0.15, -0.1) is 0 Å². The normalized spacial score (nSPS) is 11.0. The predicted octanol–water partition coefficient (Wildman–Crippen LogP) is 2.98. The second kappa shape index (κ2) is 4.68. The Balaban J connectivity index is 3.49. The maximum absolute atomic E-state index is 12.9. The van der Waals surface area contributed by atoms with Gasteiger partial charge in [-0.3, -0.25) is 10.1 Å². The van der Waals surface area contributed by atoms with E-state index < -0.39 is 22.2 Å². The average Bonchev–Trinajstić information content (AvgIpc) is 2.21. The van der Waals surface area contributed by atoms with Crippen molar-refractivity contribution < 1.29 is 13.7 Å². The highest BCUT2D eigenvalue weighted by Crippen LogP contribution is 2.30. The summed E-state index contributed by atoms with van der Waals surface area (Å²) < 4.78 is 25.6. The number of nitro groups is 1. The molecule has 0 amide bonds. The standard InChI is InChI=1S/C9H3ClF2N2O2/c10-6(1-2-13)5-3-7(11)8(12)4-9(5)14(15)16/h1,3-4H. The van der Waals surface area contributed by atoms with Crippen molar-refractivity contribution >= 4 is 22.3 Å². The average molecular weight is 245 g/mol. The minimum Gasteiger partial charge on any atom is -0.258 e. The highest BCUT2D eigenvalue weighted by Gasteiger charge is 2.20. The smallest absolute Gasteiger partial charge is 0.258 e. The first-order valence-corrected chi connectivity index (χ1v) is 4.24. The van der Waals surface area contributed by atoms with Crippen LogP contribution in [0.5, 0.6) is 0 Å². The van der Waals surface area contributed by atoms with E-state index in [1.54, 1.807) is 0 Å². The zero-order valence-corrected chi connectivity index (χ0v) is 8.33. The number of benzene rings is 1. The van der Waals surface area contributed by atoms with Gasteiger partial charge in [-0.25, -0.2) is 8.78 Å². The van der Waals surface area contributed by atoms with Crippen molar-refractivity contribution in [2.75, 3.05) is 0 Å². The van der Waals surface area contributed by atoms with Crippen molar-refractivity contribution in [3.05, 3.63) is 45.5 Å². The molecular weight excluding hydrogens is 242 g/mol. The van der Waals surface area contributed by atoms with Crippen LogP contribution in [0, 0.1) is 33.1 Å². The molecule has 0 aromatic heterocycles. The summed E-state index contributed by atoms with van der Waals surface area (Å²) in [6.07, 6.45) is 0.793. The van der Waals surface area contributed by atoms with Crippen molar-refractivity contribution in [1.29, 1.82) is 5.26 Å². The molecule has 0 saturated heterocycles. The zero-order valence-electron chi connectivity index (χ0n) is 7.58. The minimum absolute atomic E-state index is 0.326. The summed E-state index contributed by atoms with van der Waals surface area (Å²) >= 11 is 5.52. The Hall–Kier alpha value is -2.00. The first kappa shape index (κ1) is 12.1. The van der Waals surface area contributed by atoms with Crippen LogP contribution in [-0.2, 0) is 0 Å². The maximum atomic E-state index is 12.9. The van der Waals surface area contributed by atoms with Gasteiger partial charge in [0.05, 0.1) is 27.7 Å². The molecule has 4 nitrogen and oxygen atoms in total. The van der Waals surface area contributed by atoms with Crippen LogP contribution in [0.15, 0.2) is 18.2 Å². The molecule has 0 bridgehead atoms. The van der Waals surface area contributed by atoms with Gasteiger partial charge >= 0.3 is 0 Å². The van der Waals surface area contributed by atoms with Crippen LogP contribution in [-0.4, -0.2) is 4.92 Å². The van der Waals surface area contributed by atoms with Gasteiger partial charge in [0.15, 0.2) is 11.6 Å². The summed E-state index contributed by atoms with van der Waals surface area (Å²) in [5, 5.41) is 18.5. The Morgan fingerprint density at radius 1 is 1.50 bits per heavy atom. The van der Waals surface area contributed by atoms with Gasteiger partial charge in [-0.2, -0.15) is 5.26 Å². The second-order valence-electron chi connectivity index (χ2n) is 2.66. The van der Waals surface area contributed by atoms with Gasteiger partial charge in [-0.05, 0) is 6.07 Å². The monoisotopic (exact) mass is 244 g/mol. The molecule has 0 heterocycles. The fourth-order valence-electron chi connectivity index (χ4n) is 1.01. The van der Waals surface area contributed by atoms with Crippen LogP contribution < -0.4 is 0 Å². The molecular formula is C9H3ClF2N2O2. The highest BCUT2D eigenvalue weighted by atomic mass is 35.5. The molecule has 82 valence electrons. The predicted molar refractivity (Wildman–Crippen MR) is 52.5 cm³/mol. The molecule has 16 heavy (non-hydrogen) atoms. The molecule has 7 heteroatoms. The molecule has 0 N–H and O–H groups in total. The lowest BCUT2D eigenvalue weighted by molar-refractivity contribution is -0.385. The van der Waals surface area contributed by atoms with E-state index in [1.165, 1.54) is 6.07 Å². The lowest BCUT2D eigenvalue weighted by Gasteiger charge is -2.01. The van der Waals surface area contributed by atoms with E-state index >= 15 is 0 Å². The molecule has 0 unspecified atom stereocenters. The molecule has 0 saturated carbocycles. The molecule has 0 radical (unpaired) electrons. The third kappa shape index (κ3) is 2.32. The molecule has 0 aliphatic heterocycles. The summed E-state index contributed by atoms with van der Waals surface area (Å²) in [5.41, 5.74) is -1.04. The van der Waals surface area contributed by atoms with E-state index in [0.717, 1.165) is 6.08 Å². The number of nitro benzene ring substituents is 1. The molecule has 1 aromatic rings. The number of halogens is 3. The van der Waals surface area contributed by atoms with Crippen molar-refractivity contribution in [1.82, 2.24) is 0 Å². The number of hydrogen-bond donors (Lipinski definition) is 0. The molecule has 0 aliphatic rings. The zero-order chi connectivity index (χ0) is 12.3. The van der Waals surface area contributed by atoms with Crippen molar-refractivity contribution in [2.45, 2.75) is 0 Å². The number of allylic oxidation sites excluding steroid dienone is 1. The second-order valence-corrected chi connectivity index (χ2v) is 3.07. The molecule has 0 atom stereocenters. The van der Waals surface area contributed by atoms with E-state index in [-0.39, 0.29) is 10.6 Å². The molecule has 0 fully saturated rings. The summed E-state index contributed by atoms with van der Waals surface area (Å²) in [6.45, 7) is 0. The van der Waals surface area contributed by atoms with Crippen molar-refractivity contribution in [3.8, 4) is 6.07 Å². The Labute approximate surface area is 93.5 Å². The van der Waals surface area contributed by atoms with Crippen LogP contribution in [0.3, 0.4) is 0 Å². The first-order chi connectivity index (χ1) is 7.47. The van der Waals surface area contributed by atoms with Crippen LogP contribution in [0.25, 0.3) is 5.03 Å². The topological polar surface area (TPSA) is 66.9 Å². The fraction of sp³-hybridized carbons (Fsp3) is 0. The summed E-state index contributed by atoms with van der Waals surface area (Å²) in [6, 6.07) is 2.52. The van der Waals surface area contributed by atoms with Crippen molar-refractivity contribution in [3.63, 3.8) is 0 Å². The summed E-state index contributed by atoms with van der Waals surface area (Å²) in [5.74, 6) is -2.62. The highest BCUT2D eigenvalue weighted by molar-refractivity contribution is 6.49. The van der Waals surface area contributed by atoms with Crippen LogP contribution in [0.2, 0.25) is 0 Å². The molecule has 1 aromatic carbocycles. The van der Waals surface area contributed by atoms with Crippen LogP contribution in [0.1, 0.15) is 5.56 Å². The number of hydrogen-bond acceptors (Lipinski definition) is 3. The largest absolute Gasteiger partial charge is 0.281 e.